The zero-order chi connectivity index (χ0) is 13.6. The monoisotopic (exact) mass is 255 g/mol. The van der Waals surface area contributed by atoms with Crippen molar-refractivity contribution >= 4 is 0 Å². The maximum atomic E-state index is 5.49. The van der Waals surface area contributed by atoms with E-state index in [-0.39, 0.29) is 5.60 Å². The molecule has 1 unspecified atom stereocenters. The minimum absolute atomic E-state index is 0.00765. The predicted molar refractivity (Wildman–Crippen MR) is 78.9 cm³/mol. The summed E-state index contributed by atoms with van der Waals surface area (Å²) in [5.74, 6) is 1.91. The third-order valence-electron chi connectivity index (χ3n) is 4.65. The third-order valence-corrected chi connectivity index (χ3v) is 4.65. The van der Waals surface area contributed by atoms with Crippen LogP contribution in [0.4, 0.5) is 0 Å². The molecule has 0 spiro atoms. The lowest BCUT2D eigenvalue weighted by Gasteiger charge is -2.31. The molecule has 1 fully saturated rings. The van der Waals surface area contributed by atoms with Crippen LogP contribution < -0.4 is 5.32 Å². The lowest BCUT2D eigenvalue weighted by molar-refractivity contribution is 0.00814. The standard InChI is InChI=1S/C16H33NO/c1-6-14-7-9-15(10-8-14)12-17-13(2)11-16(3,4)18-5/h13-15,17H,6-12H2,1-5H3. The molecule has 0 aromatic rings. The summed E-state index contributed by atoms with van der Waals surface area (Å²) in [6.07, 6.45) is 8.19. The molecule has 18 heavy (non-hydrogen) atoms. The molecule has 1 atom stereocenters. The molecule has 1 aliphatic rings. The molecule has 0 amide bonds. The Morgan fingerprint density at radius 3 is 2.22 bits per heavy atom. The van der Waals surface area contributed by atoms with Gasteiger partial charge in [-0.3, -0.25) is 0 Å². The Bertz CT molecular complexity index is 219. The number of rotatable bonds is 7. The molecular formula is C16H33NO. The highest BCUT2D eigenvalue weighted by Gasteiger charge is 2.22. The van der Waals surface area contributed by atoms with E-state index in [9.17, 15) is 0 Å². The first-order valence-corrected chi connectivity index (χ1v) is 7.75. The van der Waals surface area contributed by atoms with Gasteiger partial charge in [0.25, 0.3) is 0 Å². The zero-order valence-corrected chi connectivity index (χ0v) is 13.1. The van der Waals surface area contributed by atoms with Crippen molar-refractivity contribution in [2.24, 2.45) is 11.8 Å². The first kappa shape index (κ1) is 16.0. The van der Waals surface area contributed by atoms with Crippen LogP contribution in [-0.2, 0) is 4.74 Å². The van der Waals surface area contributed by atoms with Gasteiger partial charge >= 0.3 is 0 Å². The summed E-state index contributed by atoms with van der Waals surface area (Å²) in [6, 6.07) is 0.545. The molecule has 0 aromatic carbocycles. The summed E-state index contributed by atoms with van der Waals surface area (Å²) in [4.78, 5) is 0. The molecule has 2 nitrogen and oxygen atoms in total. The summed E-state index contributed by atoms with van der Waals surface area (Å²) in [5.41, 5.74) is -0.00765. The van der Waals surface area contributed by atoms with Crippen LogP contribution in [0.3, 0.4) is 0 Å². The van der Waals surface area contributed by atoms with Crippen LogP contribution in [0.2, 0.25) is 0 Å². The van der Waals surface area contributed by atoms with Crippen molar-refractivity contribution < 1.29 is 4.74 Å². The quantitative estimate of drug-likeness (QED) is 0.742. The van der Waals surface area contributed by atoms with Gasteiger partial charge in [-0.15, -0.1) is 0 Å². The van der Waals surface area contributed by atoms with Crippen molar-refractivity contribution in [3.8, 4) is 0 Å². The van der Waals surface area contributed by atoms with E-state index in [1.807, 2.05) is 0 Å². The first-order valence-electron chi connectivity index (χ1n) is 7.75. The summed E-state index contributed by atoms with van der Waals surface area (Å²) < 4.78 is 5.49. The lowest BCUT2D eigenvalue weighted by Crippen LogP contribution is -2.38. The van der Waals surface area contributed by atoms with Crippen LogP contribution in [0.1, 0.15) is 66.2 Å². The van der Waals surface area contributed by atoms with Crippen molar-refractivity contribution in [1.82, 2.24) is 5.32 Å². The fraction of sp³-hybridized carbons (Fsp3) is 1.00. The van der Waals surface area contributed by atoms with E-state index in [0.717, 1.165) is 18.3 Å². The van der Waals surface area contributed by atoms with E-state index >= 15 is 0 Å². The highest BCUT2D eigenvalue weighted by Crippen LogP contribution is 2.30. The maximum absolute atomic E-state index is 5.49. The van der Waals surface area contributed by atoms with Crippen LogP contribution in [-0.4, -0.2) is 25.3 Å². The summed E-state index contributed by atoms with van der Waals surface area (Å²) >= 11 is 0. The van der Waals surface area contributed by atoms with Crippen LogP contribution in [0.5, 0.6) is 0 Å². The molecule has 1 aliphatic carbocycles. The highest BCUT2D eigenvalue weighted by molar-refractivity contribution is 4.78. The minimum atomic E-state index is -0.00765. The molecule has 108 valence electrons. The molecule has 0 saturated heterocycles. The first-order chi connectivity index (χ1) is 8.46. The molecule has 1 saturated carbocycles. The van der Waals surface area contributed by atoms with E-state index in [1.54, 1.807) is 7.11 Å². The van der Waals surface area contributed by atoms with Crippen LogP contribution in [0, 0.1) is 11.8 Å². The number of hydrogen-bond donors (Lipinski definition) is 1. The predicted octanol–water partition coefficient (Wildman–Crippen LogP) is 4.00. The van der Waals surface area contributed by atoms with Crippen molar-refractivity contribution in [3.63, 3.8) is 0 Å². The molecule has 0 bridgehead atoms. The Labute approximate surface area is 114 Å². The molecule has 0 aromatic heterocycles. The van der Waals surface area contributed by atoms with Gasteiger partial charge in [0.15, 0.2) is 0 Å². The number of methoxy groups -OCH3 is 1. The fourth-order valence-corrected chi connectivity index (χ4v) is 3.10. The molecule has 1 rings (SSSR count). The van der Waals surface area contributed by atoms with Crippen molar-refractivity contribution in [1.29, 1.82) is 0 Å². The fourth-order valence-electron chi connectivity index (χ4n) is 3.10. The maximum Gasteiger partial charge on any atom is 0.0637 e. The summed E-state index contributed by atoms with van der Waals surface area (Å²) in [7, 11) is 1.80. The Morgan fingerprint density at radius 2 is 1.72 bits per heavy atom. The Morgan fingerprint density at radius 1 is 1.17 bits per heavy atom. The van der Waals surface area contributed by atoms with Gasteiger partial charge in [-0.25, -0.2) is 0 Å². The second-order valence-corrected chi connectivity index (χ2v) is 6.77. The van der Waals surface area contributed by atoms with Crippen LogP contribution in [0.15, 0.2) is 0 Å². The van der Waals surface area contributed by atoms with Gasteiger partial charge in [-0.05, 0) is 58.4 Å². The van der Waals surface area contributed by atoms with Gasteiger partial charge in [0.1, 0.15) is 0 Å². The van der Waals surface area contributed by atoms with Gasteiger partial charge in [0, 0.05) is 13.2 Å². The molecule has 0 heterocycles. The third kappa shape index (κ3) is 5.71. The lowest BCUT2D eigenvalue weighted by atomic mass is 9.81. The SMILES string of the molecule is CCC1CCC(CNC(C)CC(C)(C)OC)CC1. The largest absolute Gasteiger partial charge is 0.379 e. The Balaban J connectivity index is 2.17. The average molecular weight is 255 g/mol. The smallest absolute Gasteiger partial charge is 0.0637 e. The van der Waals surface area contributed by atoms with Gasteiger partial charge in [-0.1, -0.05) is 26.2 Å². The minimum Gasteiger partial charge on any atom is -0.379 e. The van der Waals surface area contributed by atoms with Crippen LogP contribution in [0.25, 0.3) is 0 Å². The molecule has 0 radical (unpaired) electrons. The normalized spacial score (nSPS) is 27.2. The molecule has 0 aliphatic heterocycles. The molecule has 2 heteroatoms. The van der Waals surface area contributed by atoms with E-state index < -0.39 is 0 Å². The average Bonchev–Trinajstić information content (AvgIpc) is 2.36. The second kappa shape index (κ2) is 7.49. The topological polar surface area (TPSA) is 21.3 Å². The van der Waals surface area contributed by atoms with Crippen molar-refractivity contribution in [2.45, 2.75) is 77.9 Å². The Hall–Kier alpha value is -0.0800. The molecule has 1 N–H and O–H groups in total. The van der Waals surface area contributed by atoms with E-state index in [0.29, 0.717) is 6.04 Å². The van der Waals surface area contributed by atoms with E-state index in [1.165, 1.54) is 38.6 Å². The van der Waals surface area contributed by atoms with Gasteiger partial charge in [-0.2, -0.15) is 0 Å². The van der Waals surface area contributed by atoms with E-state index in [2.05, 4.69) is 33.0 Å². The van der Waals surface area contributed by atoms with E-state index in [4.69, 9.17) is 4.74 Å². The van der Waals surface area contributed by atoms with Crippen molar-refractivity contribution in [3.05, 3.63) is 0 Å². The zero-order valence-electron chi connectivity index (χ0n) is 13.1. The van der Waals surface area contributed by atoms with Gasteiger partial charge in [0.2, 0.25) is 0 Å². The summed E-state index contributed by atoms with van der Waals surface area (Å²) in [5, 5.41) is 3.70. The molecular weight excluding hydrogens is 222 g/mol. The number of nitrogens with one attached hydrogen (secondary N) is 1. The summed E-state index contributed by atoms with van der Waals surface area (Å²) in [6.45, 7) is 10.1. The number of ether oxygens (including phenoxy) is 1. The van der Waals surface area contributed by atoms with Crippen molar-refractivity contribution in [2.75, 3.05) is 13.7 Å². The van der Waals surface area contributed by atoms with Crippen LogP contribution >= 0.6 is 0 Å². The Kier molecular flexibility index (Phi) is 6.65. The number of hydrogen-bond acceptors (Lipinski definition) is 2. The van der Waals surface area contributed by atoms with Gasteiger partial charge < -0.3 is 10.1 Å². The highest BCUT2D eigenvalue weighted by atomic mass is 16.5. The van der Waals surface area contributed by atoms with Gasteiger partial charge in [0.05, 0.1) is 5.60 Å². The second-order valence-electron chi connectivity index (χ2n) is 6.77.